The Hall–Kier alpha value is -2.12. The van der Waals surface area contributed by atoms with Crippen LogP contribution >= 0.6 is 0 Å². The molecule has 2 aromatic heterocycles. The summed E-state index contributed by atoms with van der Waals surface area (Å²) >= 11 is 1.06. The first-order valence-corrected chi connectivity index (χ1v) is 6.81. The van der Waals surface area contributed by atoms with Gasteiger partial charge in [0, 0.05) is 25.0 Å². The van der Waals surface area contributed by atoms with Gasteiger partial charge in [0.2, 0.25) is 0 Å². The summed E-state index contributed by atoms with van der Waals surface area (Å²) in [6.07, 6.45) is 3.41. The molecule has 2 rings (SSSR count). The van der Waals surface area contributed by atoms with Crippen LogP contribution in [-0.4, -0.2) is 0 Å². The van der Waals surface area contributed by atoms with E-state index in [0.717, 1.165) is 29.5 Å². The average molecular weight is 345 g/mol. The molecule has 117 valence electrons. The molecule has 0 aromatic carbocycles. The second kappa shape index (κ2) is 10.6. The van der Waals surface area contributed by atoms with Crippen LogP contribution in [0.15, 0.2) is 43.1 Å². The summed E-state index contributed by atoms with van der Waals surface area (Å²) in [5, 5.41) is 21.6. The first-order valence-electron chi connectivity index (χ1n) is 6.24. The third-order valence-corrected chi connectivity index (χ3v) is 2.46. The van der Waals surface area contributed by atoms with Gasteiger partial charge in [0.05, 0.1) is 24.0 Å². The van der Waals surface area contributed by atoms with E-state index in [1.54, 1.807) is 13.8 Å². The molecular weight excluding hydrogens is 331 g/mol. The molecule has 0 saturated heterocycles. The summed E-state index contributed by atoms with van der Waals surface area (Å²) in [7, 11) is 0. The molecule has 0 aliphatic heterocycles. The Balaban J connectivity index is 0.000000360. The fraction of sp³-hybridized carbons (Fsp3) is 0.286. The van der Waals surface area contributed by atoms with Crippen LogP contribution in [0.2, 0.25) is 0 Å². The third-order valence-electron chi connectivity index (χ3n) is 2.46. The standard InChI is InChI=1S/2C7H8O3.O.V/c2*1-2-6-7(9)5(8)3-4-10-6;;/h2*3-4,9H,2H2,1H3;;/q;;;+2/p-2. The monoisotopic (exact) mass is 345 g/mol. The van der Waals surface area contributed by atoms with Gasteiger partial charge in [0.1, 0.15) is 0 Å². The van der Waals surface area contributed by atoms with E-state index in [0.29, 0.717) is 12.8 Å². The zero-order valence-corrected chi connectivity index (χ0v) is 13.4. The predicted molar refractivity (Wildman–Crippen MR) is 68.3 cm³/mol. The van der Waals surface area contributed by atoms with Crippen LogP contribution in [0.25, 0.3) is 0 Å². The number of hydrogen-bond donors (Lipinski definition) is 0. The van der Waals surface area contributed by atoms with Crippen molar-refractivity contribution in [2.45, 2.75) is 26.7 Å². The molecule has 2 aromatic rings. The van der Waals surface area contributed by atoms with Gasteiger partial charge in [0.15, 0.2) is 10.9 Å². The minimum absolute atomic E-state index is 0.229. The van der Waals surface area contributed by atoms with Crippen LogP contribution in [0.4, 0.5) is 0 Å². The summed E-state index contributed by atoms with van der Waals surface area (Å²) in [5.74, 6) is -0.588. The first kappa shape index (κ1) is 19.9. The summed E-state index contributed by atoms with van der Waals surface area (Å²) in [5.41, 5.74) is -0.994. The Morgan fingerprint density at radius 2 is 1.18 bits per heavy atom. The van der Waals surface area contributed by atoms with E-state index < -0.39 is 22.4 Å². The molecule has 0 N–H and O–H groups in total. The fourth-order valence-corrected chi connectivity index (χ4v) is 1.38. The molecular formula is C14H14O7V. The molecule has 22 heavy (non-hydrogen) atoms. The Morgan fingerprint density at radius 1 is 0.864 bits per heavy atom. The van der Waals surface area contributed by atoms with Crippen molar-refractivity contribution in [2.24, 2.45) is 0 Å². The molecule has 0 spiro atoms. The van der Waals surface area contributed by atoms with Crippen molar-refractivity contribution >= 4 is 0 Å². The van der Waals surface area contributed by atoms with E-state index in [2.05, 4.69) is 0 Å². The van der Waals surface area contributed by atoms with Crippen LogP contribution in [-0.2, 0) is 33.9 Å². The van der Waals surface area contributed by atoms with Crippen molar-refractivity contribution in [1.29, 1.82) is 0 Å². The Bertz CT molecular complexity index is 631. The molecule has 0 radical (unpaired) electrons. The number of hydrogen-bond acceptors (Lipinski definition) is 7. The van der Waals surface area contributed by atoms with Crippen molar-refractivity contribution in [2.75, 3.05) is 0 Å². The Kier molecular flexibility index (Phi) is 9.57. The maximum absolute atomic E-state index is 10.8. The number of rotatable bonds is 2. The molecule has 0 bridgehead atoms. The van der Waals surface area contributed by atoms with Crippen molar-refractivity contribution in [3.8, 4) is 11.5 Å². The van der Waals surface area contributed by atoms with Gasteiger partial charge in [-0.1, -0.05) is 13.8 Å². The van der Waals surface area contributed by atoms with Crippen LogP contribution < -0.4 is 21.1 Å². The Labute approximate surface area is 135 Å². The zero-order chi connectivity index (χ0) is 17.1. The van der Waals surface area contributed by atoms with E-state index in [1.807, 2.05) is 0 Å². The topological polar surface area (TPSA) is 124 Å². The maximum atomic E-state index is 10.8. The summed E-state index contributed by atoms with van der Waals surface area (Å²) in [6, 6.07) is 2.25. The molecule has 0 unspecified atom stereocenters. The van der Waals surface area contributed by atoms with Crippen molar-refractivity contribution in [3.63, 3.8) is 0 Å². The van der Waals surface area contributed by atoms with Crippen LogP contribution in [0.3, 0.4) is 0 Å². The van der Waals surface area contributed by atoms with Gasteiger partial charge in [-0.3, -0.25) is 9.59 Å². The second-order valence-electron chi connectivity index (χ2n) is 3.78. The van der Waals surface area contributed by atoms with Gasteiger partial charge in [-0.15, -0.1) is 0 Å². The van der Waals surface area contributed by atoms with Crippen molar-refractivity contribution in [1.82, 2.24) is 0 Å². The van der Waals surface area contributed by atoms with Gasteiger partial charge in [-0.2, -0.15) is 0 Å². The predicted octanol–water partition coefficient (Wildman–Crippen LogP) is 0.430. The summed E-state index contributed by atoms with van der Waals surface area (Å²) < 4.78 is 17.7. The van der Waals surface area contributed by atoms with Crippen LogP contribution in [0, 0.1) is 0 Å². The molecule has 0 fully saturated rings. The van der Waals surface area contributed by atoms with E-state index in [1.165, 1.54) is 12.5 Å². The van der Waals surface area contributed by atoms with Crippen LogP contribution in [0.5, 0.6) is 11.5 Å². The van der Waals surface area contributed by atoms with E-state index in [-0.39, 0.29) is 11.5 Å². The minimum atomic E-state index is -0.523. The normalized spacial score (nSPS) is 9.09. The molecule has 0 saturated carbocycles. The van der Waals surface area contributed by atoms with Gasteiger partial charge >= 0.3 is 21.0 Å². The first-order chi connectivity index (χ1) is 10.5. The van der Waals surface area contributed by atoms with Gasteiger partial charge in [-0.05, 0) is 11.5 Å². The quantitative estimate of drug-likeness (QED) is 0.773. The van der Waals surface area contributed by atoms with E-state index in [4.69, 9.17) is 12.5 Å². The molecule has 0 aliphatic rings. The second-order valence-corrected chi connectivity index (χ2v) is 3.78. The Morgan fingerprint density at radius 3 is 1.41 bits per heavy atom. The van der Waals surface area contributed by atoms with Gasteiger partial charge < -0.3 is 19.0 Å². The van der Waals surface area contributed by atoms with E-state index >= 15 is 0 Å². The fourth-order valence-electron chi connectivity index (χ4n) is 1.38. The van der Waals surface area contributed by atoms with Gasteiger partial charge in [-0.25, -0.2) is 0 Å². The molecule has 7 nitrogen and oxygen atoms in total. The molecule has 0 amide bonds. The average Bonchev–Trinajstić information content (AvgIpc) is 2.55. The molecule has 0 aliphatic carbocycles. The summed E-state index contributed by atoms with van der Waals surface area (Å²) in [4.78, 5) is 21.3. The molecule has 8 heteroatoms. The van der Waals surface area contributed by atoms with E-state index in [9.17, 15) is 19.8 Å². The SMILES string of the molecule is CCc1occc(=O)c1[O-].CCc1occc(=O)c1[O-].[O]=[V+2]. The van der Waals surface area contributed by atoms with Gasteiger partial charge in [0.25, 0.3) is 0 Å². The molecule has 2 heterocycles. The van der Waals surface area contributed by atoms with Crippen LogP contribution in [0.1, 0.15) is 25.4 Å². The number of aryl methyl sites for hydroxylation is 2. The molecule has 0 atom stereocenters. The summed E-state index contributed by atoms with van der Waals surface area (Å²) in [6.45, 7) is 3.53. The zero-order valence-electron chi connectivity index (χ0n) is 12.0. The van der Waals surface area contributed by atoms with Crippen molar-refractivity contribution in [3.05, 3.63) is 56.6 Å². The van der Waals surface area contributed by atoms with Crippen molar-refractivity contribution < 1.29 is 40.1 Å². The third kappa shape index (κ3) is 5.71.